The summed E-state index contributed by atoms with van der Waals surface area (Å²) in [5.74, 6) is -3.31. The molecule has 1 aromatic rings. The largest absolute Gasteiger partial charge is 0.507 e. The molecule has 0 unspecified atom stereocenters. The second kappa shape index (κ2) is 3.43. The highest BCUT2D eigenvalue weighted by atomic mass is 19.1. The van der Waals surface area contributed by atoms with Crippen LogP contribution in [-0.4, -0.2) is 16.2 Å². The van der Waals surface area contributed by atoms with Crippen molar-refractivity contribution >= 4 is 5.97 Å². The van der Waals surface area contributed by atoms with E-state index in [4.69, 9.17) is 5.11 Å². The predicted octanol–water partition coefficient (Wildman–Crippen LogP) is 2.18. The number of phenols is 1. The van der Waals surface area contributed by atoms with Gasteiger partial charge in [0.25, 0.3) is 0 Å². The quantitative estimate of drug-likeness (QED) is 0.833. The minimum Gasteiger partial charge on any atom is -0.507 e. The summed E-state index contributed by atoms with van der Waals surface area (Å²) in [5, 5.41) is 18.2. The van der Waals surface area contributed by atoms with Crippen LogP contribution in [0.5, 0.6) is 5.75 Å². The topological polar surface area (TPSA) is 57.5 Å². The molecule has 1 aliphatic rings. The maximum absolute atomic E-state index is 13.5. The molecule has 5 heteroatoms. The average Bonchev–Trinajstić information content (AvgIpc) is 2.81. The molecule has 16 heavy (non-hydrogen) atoms. The molecular formula is C11H10F2O3. The van der Waals surface area contributed by atoms with Crippen LogP contribution in [0.15, 0.2) is 12.1 Å². The molecule has 1 saturated carbocycles. The zero-order valence-electron chi connectivity index (χ0n) is 8.33. The van der Waals surface area contributed by atoms with E-state index < -0.39 is 28.8 Å². The second-order valence-corrected chi connectivity index (χ2v) is 4.13. The molecule has 0 heterocycles. The molecule has 3 nitrogen and oxygen atoms in total. The second-order valence-electron chi connectivity index (χ2n) is 4.13. The first-order valence-corrected chi connectivity index (χ1v) is 4.85. The van der Waals surface area contributed by atoms with E-state index in [1.54, 1.807) is 0 Å². The number of carboxylic acids is 1. The molecule has 86 valence electrons. The van der Waals surface area contributed by atoms with E-state index in [1.165, 1.54) is 0 Å². The predicted molar refractivity (Wildman–Crippen MR) is 51.2 cm³/mol. The van der Waals surface area contributed by atoms with Gasteiger partial charge in [-0.2, -0.15) is 0 Å². The van der Waals surface area contributed by atoms with Gasteiger partial charge in [-0.1, -0.05) is 0 Å². The number of rotatable bonds is 3. The summed E-state index contributed by atoms with van der Waals surface area (Å²) in [7, 11) is 0. The number of carbonyl (C=O) groups is 1. The van der Waals surface area contributed by atoms with Crippen LogP contribution in [0.2, 0.25) is 0 Å². The Kier molecular flexibility index (Phi) is 2.33. The number of phenolic OH excluding ortho intramolecular Hbond substituents is 1. The Morgan fingerprint density at radius 2 is 2.00 bits per heavy atom. The number of hydrogen-bond acceptors (Lipinski definition) is 2. The van der Waals surface area contributed by atoms with Gasteiger partial charge in [0.2, 0.25) is 0 Å². The summed E-state index contributed by atoms with van der Waals surface area (Å²) in [6, 6.07) is 1.47. The van der Waals surface area contributed by atoms with Crippen molar-refractivity contribution in [2.45, 2.75) is 24.7 Å². The van der Waals surface area contributed by atoms with Gasteiger partial charge in [0.05, 0.1) is 6.42 Å². The number of benzene rings is 1. The van der Waals surface area contributed by atoms with Gasteiger partial charge >= 0.3 is 5.97 Å². The third kappa shape index (κ3) is 1.73. The van der Waals surface area contributed by atoms with E-state index >= 15 is 0 Å². The van der Waals surface area contributed by atoms with Crippen molar-refractivity contribution in [3.63, 3.8) is 0 Å². The lowest BCUT2D eigenvalue weighted by Crippen LogP contribution is -2.15. The van der Waals surface area contributed by atoms with Crippen molar-refractivity contribution in [1.82, 2.24) is 0 Å². The highest BCUT2D eigenvalue weighted by Gasteiger charge is 2.49. The highest BCUT2D eigenvalue weighted by Crippen LogP contribution is 2.54. The van der Waals surface area contributed by atoms with E-state index in [2.05, 4.69) is 0 Å². The standard InChI is InChI=1S/C11H10F2O3/c12-6-3-7(13)10(8(14)4-6)11(1-2-11)5-9(15)16/h3-4,14H,1-2,5H2,(H,15,16). The van der Waals surface area contributed by atoms with Crippen LogP contribution in [0, 0.1) is 11.6 Å². The fourth-order valence-electron chi connectivity index (χ4n) is 2.04. The monoisotopic (exact) mass is 228 g/mol. The highest BCUT2D eigenvalue weighted by molar-refractivity contribution is 5.70. The molecule has 0 atom stereocenters. The zero-order chi connectivity index (χ0) is 11.9. The van der Waals surface area contributed by atoms with E-state index in [0.29, 0.717) is 18.9 Å². The van der Waals surface area contributed by atoms with Gasteiger partial charge in [-0.25, -0.2) is 8.78 Å². The van der Waals surface area contributed by atoms with Crippen molar-refractivity contribution in [2.24, 2.45) is 0 Å². The molecule has 0 spiro atoms. The van der Waals surface area contributed by atoms with Crippen LogP contribution in [0.1, 0.15) is 24.8 Å². The zero-order valence-corrected chi connectivity index (χ0v) is 8.33. The Morgan fingerprint density at radius 1 is 1.38 bits per heavy atom. The minimum atomic E-state index is -1.05. The third-order valence-corrected chi connectivity index (χ3v) is 2.91. The summed E-state index contributed by atoms with van der Waals surface area (Å²) in [6.07, 6.45) is 0.744. The Balaban J connectivity index is 2.44. The van der Waals surface area contributed by atoms with Crippen LogP contribution in [-0.2, 0) is 10.2 Å². The molecule has 1 aromatic carbocycles. The van der Waals surface area contributed by atoms with E-state index in [0.717, 1.165) is 6.07 Å². The number of halogens is 2. The van der Waals surface area contributed by atoms with E-state index in [1.807, 2.05) is 0 Å². The number of aliphatic carboxylic acids is 1. The minimum absolute atomic E-state index is 0.0729. The Morgan fingerprint density at radius 3 is 2.44 bits per heavy atom. The summed E-state index contributed by atoms with van der Waals surface area (Å²) in [5.41, 5.74) is -0.926. The number of hydrogen-bond donors (Lipinski definition) is 2. The molecule has 0 aromatic heterocycles. The first-order valence-electron chi connectivity index (χ1n) is 4.85. The average molecular weight is 228 g/mol. The van der Waals surface area contributed by atoms with Gasteiger partial charge in [-0.3, -0.25) is 4.79 Å². The van der Waals surface area contributed by atoms with Crippen LogP contribution < -0.4 is 0 Å². The van der Waals surface area contributed by atoms with Gasteiger partial charge in [0.15, 0.2) is 0 Å². The molecule has 0 bridgehead atoms. The van der Waals surface area contributed by atoms with Gasteiger partial charge in [-0.15, -0.1) is 0 Å². The maximum Gasteiger partial charge on any atom is 0.304 e. The fourth-order valence-corrected chi connectivity index (χ4v) is 2.04. The fraction of sp³-hybridized carbons (Fsp3) is 0.364. The lowest BCUT2D eigenvalue weighted by atomic mass is 9.91. The molecule has 1 fully saturated rings. The third-order valence-electron chi connectivity index (χ3n) is 2.91. The van der Waals surface area contributed by atoms with E-state index in [9.17, 15) is 18.7 Å². The first-order chi connectivity index (χ1) is 7.44. The molecule has 0 saturated heterocycles. The molecule has 0 aliphatic heterocycles. The number of aromatic hydroxyl groups is 1. The summed E-state index contributed by atoms with van der Waals surface area (Å²) in [4.78, 5) is 10.6. The summed E-state index contributed by atoms with van der Waals surface area (Å²) >= 11 is 0. The molecule has 1 aliphatic carbocycles. The lowest BCUT2D eigenvalue weighted by molar-refractivity contribution is -0.137. The molecule has 2 N–H and O–H groups in total. The van der Waals surface area contributed by atoms with Crippen molar-refractivity contribution in [2.75, 3.05) is 0 Å². The smallest absolute Gasteiger partial charge is 0.304 e. The van der Waals surface area contributed by atoms with Crippen LogP contribution in [0.3, 0.4) is 0 Å². The lowest BCUT2D eigenvalue weighted by Gasteiger charge is -2.15. The van der Waals surface area contributed by atoms with Crippen molar-refractivity contribution in [3.05, 3.63) is 29.3 Å². The molecular weight excluding hydrogens is 218 g/mol. The Hall–Kier alpha value is -1.65. The Bertz CT molecular complexity index is 430. The normalized spacial score (nSPS) is 17.1. The summed E-state index contributed by atoms with van der Waals surface area (Å²) in [6.45, 7) is 0. The molecule has 0 amide bonds. The number of carboxylic acid groups (broad SMARTS) is 1. The van der Waals surface area contributed by atoms with Crippen LogP contribution >= 0.6 is 0 Å². The molecule has 2 rings (SSSR count). The van der Waals surface area contributed by atoms with Crippen molar-refractivity contribution in [3.8, 4) is 5.75 Å². The van der Waals surface area contributed by atoms with E-state index in [-0.39, 0.29) is 12.0 Å². The SMILES string of the molecule is O=C(O)CC1(c2c(O)cc(F)cc2F)CC1. The maximum atomic E-state index is 13.5. The molecule has 0 radical (unpaired) electrons. The Labute approximate surface area is 90.3 Å². The van der Waals surface area contributed by atoms with Gasteiger partial charge in [-0.05, 0) is 12.8 Å². The van der Waals surface area contributed by atoms with Crippen molar-refractivity contribution in [1.29, 1.82) is 0 Å². The van der Waals surface area contributed by atoms with Gasteiger partial charge in [0.1, 0.15) is 17.4 Å². The first kappa shape index (κ1) is 10.9. The van der Waals surface area contributed by atoms with Crippen LogP contribution in [0.25, 0.3) is 0 Å². The summed E-state index contributed by atoms with van der Waals surface area (Å²) < 4.78 is 26.3. The van der Waals surface area contributed by atoms with Crippen LogP contribution in [0.4, 0.5) is 8.78 Å². The van der Waals surface area contributed by atoms with Gasteiger partial charge in [0, 0.05) is 23.1 Å². The van der Waals surface area contributed by atoms with Gasteiger partial charge < -0.3 is 10.2 Å². The van der Waals surface area contributed by atoms with Crippen molar-refractivity contribution < 1.29 is 23.8 Å².